The predicted molar refractivity (Wildman–Crippen MR) is 210 cm³/mol. The molecule has 4 nitrogen and oxygen atoms in total. The third-order valence-corrected chi connectivity index (χ3v) is 12.3. The van der Waals surface area contributed by atoms with Gasteiger partial charge in [0.05, 0.1) is 10.1 Å². The normalized spacial score (nSPS) is 12.8. The summed E-state index contributed by atoms with van der Waals surface area (Å²) >= 11 is 0. The van der Waals surface area contributed by atoms with Crippen LogP contribution in [-0.2, 0) is 37.0 Å². The van der Waals surface area contributed by atoms with Crippen LogP contribution in [0.5, 0.6) is 0 Å². The summed E-state index contributed by atoms with van der Waals surface area (Å²) in [6.07, 6.45) is 1.59. The van der Waals surface area contributed by atoms with Gasteiger partial charge < -0.3 is 10.3 Å². The third kappa shape index (κ3) is 11.3. The molecule has 0 fully saturated rings. The van der Waals surface area contributed by atoms with Crippen molar-refractivity contribution in [2.45, 2.75) is 111 Å². The molecule has 0 heterocycles. The van der Waals surface area contributed by atoms with Crippen LogP contribution in [0.15, 0.2) is 84.9 Å². The van der Waals surface area contributed by atoms with Crippen molar-refractivity contribution in [3.05, 3.63) is 107 Å². The van der Waals surface area contributed by atoms with Gasteiger partial charge in [-0.15, -0.1) is 0 Å². The average Bonchev–Trinajstić information content (AvgIpc) is 2.95. The Hall–Kier alpha value is -2.32. The first-order valence-corrected chi connectivity index (χ1v) is 20.2. The van der Waals surface area contributed by atoms with Crippen molar-refractivity contribution in [2.75, 3.05) is 12.0 Å². The molecule has 1 unspecified atom stereocenters. The topological polar surface area (TPSA) is 83.2 Å². The number of benzene rings is 4. The Balaban J connectivity index is 0.00000129. The molecular weight excluding hydrogens is 736 g/mol. The van der Waals surface area contributed by atoms with Gasteiger partial charge in [0.2, 0.25) is 0 Å². The molecule has 0 saturated carbocycles. The number of hydrogen-bond donors (Lipinski definition) is 1. The Morgan fingerprint density at radius 2 is 1.12 bits per heavy atom. The van der Waals surface area contributed by atoms with Gasteiger partial charge in [0.15, 0.2) is 0 Å². The molecule has 0 aliphatic carbocycles. The molecule has 1 atom stereocenters. The molecule has 0 saturated heterocycles. The van der Waals surface area contributed by atoms with Crippen LogP contribution in [-0.4, -0.2) is 29.5 Å². The second-order valence-corrected chi connectivity index (χ2v) is 20.6. The number of nitrogen functional groups attached to an aromatic ring is 1. The van der Waals surface area contributed by atoms with Crippen molar-refractivity contribution in [2.24, 2.45) is 0 Å². The second-order valence-electron chi connectivity index (χ2n) is 15.5. The Labute approximate surface area is 312 Å². The molecule has 2 N–H and O–H groups in total. The Bertz CT molecular complexity index is 1770. The van der Waals surface area contributed by atoms with E-state index in [1.54, 1.807) is 0 Å². The minimum atomic E-state index is -3.92. The van der Waals surface area contributed by atoms with Crippen LogP contribution in [0.3, 0.4) is 0 Å². The third-order valence-electron chi connectivity index (χ3n) is 8.71. The molecular formula is C42H57NO3PPdS. The molecule has 0 aromatic heterocycles. The first-order valence-electron chi connectivity index (χ1n) is 17.0. The van der Waals surface area contributed by atoms with Gasteiger partial charge in [-0.1, -0.05) is 163 Å². The number of rotatable bonds is 9. The number of para-hydroxylation sites is 1. The van der Waals surface area contributed by atoms with Crippen molar-refractivity contribution in [3.8, 4) is 22.3 Å². The standard InChI is InChI=1S/C41H54NP.CH4O3S.Pd/c1-27(2)31-24-35(28(3)4)39(36(25-31)29(5)6)34-21-15-17-23-38(34)43(40(7,8)9)41(10,11)26-30-18-12-13-19-32(30)33-20-14-16-22-37(33)42;1-5(2,3)4;/h12-25,27-29H,26,42H2,1-11H3;1H3,(H,2,3,4);/q;;+1/p-1. The maximum atomic E-state index is 9.08. The van der Waals surface area contributed by atoms with Gasteiger partial charge in [-0.3, -0.25) is 0 Å². The van der Waals surface area contributed by atoms with Gasteiger partial charge in [0.1, 0.15) is 0 Å². The van der Waals surface area contributed by atoms with Gasteiger partial charge >= 0.3 is 20.4 Å². The van der Waals surface area contributed by atoms with E-state index in [1.807, 2.05) is 12.1 Å². The van der Waals surface area contributed by atoms with Gasteiger partial charge in [-0.2, -0.15) is 0 Å². The van der Waals surface area contributed by atoms with Gasteiger partial charge in [-0.05, 0) is 84.8 Å². The SMILES string of the molecule is CC(C)c1cc(C(C)C)c(-c2ccccc2P(C(C)(C)C)C(C)(C)Cc2ccccc2-c2ccccc2N)c(C(C)C)c1.CS(=O)(=O)[O-].[Pd+]. The summed E-state index contributed by atoms with van der Waals surface area (Å²) in [6, 6.07) is 31.5. The summed E-state index contributed by atoms with van der Waals surface area (Å²) in [4.78, 5) is 0. The quantitative estimate of drug-likeness (QED) is 0.0792. The summed E-state index contributed by atoms with van der Waals surface area (Å²) in [5.41, 5.74) is 18.4. The molecule has 4 aromatic rings. The molecule has 269 valence electrons. The Morgan fingerprint density at radius 1 is 0.694 bits per heavy atom. The van der Waals surface area contributed by atoms with E-state index in [0.29, 0.717) is 24.0 Å². The average molecular weight is 793 g/mol. The molecule has 7 heteroatoms. The van der Waals surface area contributed by atoms with Crippen LogP contribution in [0.2, 0.25) is 0 Å². The molecule has 0 aliphatic rings. The first-order chi connectivity index (χ1) is 22.1. The molecule has 0 spiro atoms. The minimum absolute atomic E-state index is 0. The molecule has 0 aliphatic heterocycles. The van der Waals surface area contributed by atoms with E-state index in [1.165, 1.54) is 44.2 Å². The fourth-order valence-corrected chi connectivity index (χ4v) is 11.1. The van der Waals surface area contributed by atoms with E-state index >= 15 is 0 Å². The predicted octanol–water partition coefficient (Wildman–Crippen LogP) is 11.1. The van der Waals surface area contributed by atoms with Crippen molar-refractivity contribution in [3.63, 3.8) is 0 Å². The molecule has 0 bridgehead atoms. The Morgan fingerprint density at radius 3 is 1.57 bits per heavy atom. The Kier molecular flexibility index (Phi) is 15.1. The van der Waals surface area contributed by atoms with Gasteiger partial charge in [0.25, 0.3) is 0 Å². The summed E-state index contributed by atoms with van der Waals surface area (Å²) < 4.78 is 27.2. The van der Waals surface area contributed by atoms with Crippen molar-refractivity contribution in [1.82, 2.24) is 0 Å². The van der Waals surface area contributed by atoms with E-state index in [9.17, 15) is 0 Å². The first kappa shape index (κ1) is 42.8. The van der Waals surface area contributed by atoms with Crippen molar-refractivity contribution >= 4 is 29.0 Å². The van der Waals surface area contributed by atoms with E-state index in [0.717, 1.165) is 17.7 Å². The molecule has 49 heavy (non-hydrogen) atoms. The zero-order valence-corrected chi connectivity index (χ0v) is 34.8. The summed E-state index contributed by atoms with van der Waals surface area (Å²) in [5.74, 6) is 1.39. The fourth-order valence-electron chi connectivity index (χ4n) is 6.97. The largest absolute Gasteiger partial charge is 1.00 e. The molecule has 4 rings (SSSR count). The summed E-state index contributed by atoms with van der Waals surface area (Å²) in [7, 11) is -4.53. The summed E-state index contributed by atoms with van der Waals surface area (Å²) in [6.45, 7) is 26.4. The number of anilines is 1. The summed E-state index contributed by atoms with van der Waals surface area (Å²) in [5, 5.41) is 1.65. The monoisotopic (exact) mass is 792 g/mol. The van der Waals surface area contributed by atoms with Crippen molar-refractivity contribution < 1.29 is 33.4 Å². The molecule has 1 radical (unpaired) electrons. The van der Waals surface area contributed by atoms with Crippen LogP contribution in [0.1, 0.15) is 116 Å². The smallest absolute Gasteiger partial charge is 0.748 e. The molecule has 0 amide bonds. The maximum Gasteiger partial charge on any atom is 1.00 e. The number of nitrogens with two attached hydrogens (primary N) is 1. The van der Waals surface area contributed by atoms with E-state index < -0.39 is 18.0 Å². The van der Waals surface area contributed by atoms with Crippen LogP contribution >= 0.6 is 7.92 Å². The van der Waals surface area contributed by atoms with E-state index in [2.05, 4.69) is 149 Å². The van der Waals surface area contributed by atoms with E-state index in [4.69, 9.17) is 18.7 Å². The van der Waals surface area contributed by atoms with Crippen LogP contribution in [0.4, 0.5) is 5.69 Å². The molecule has 4 aromatic carbocycles. The maximum absolute atomic E-state index is 9.08. The van der Waals surface area contributed by atoms with Gasteiger partial charge in [-0.25, -0.2) is 8.42 Å². The number of hydrogen-bond acceptors (Lipinski definition) is 4. The second kappa shape index (κ2) is 17.3. The van der Waals surface area contributed by atoms with E-state index in [-0.39, 0.29) is 30.7 Å². The van der Waals surface area contributed by atoms with Crippen LogP contribution in [0.25, 0.3) is 22.3 Å². The van der Waals surface area contributed by atoms with Gasteiger partial charge in [0, 0.05) is 17.5 Å². The fraction of sp³-hybridized carbons (Fsp3) is 0.429. The minimum Gasteiger partial charge on any atom is -0.748 e. The zero-order valence-electron chi connectivity index (χ0n) is 31.5. The van der Waals surface area contributed by atoms with Crippen molar-refractivity contribution in [1.29, 1.82) is 0 Å². The van der Waals surface area contributed by atoms with Crippen LogP contribution < -0.4 is 11.0 Å². The zero-order chi connectivity index (χ0) is 36.2. The van der Waals surface area contributed by atoms with Crippen LogP contribution in [0, 0.1) is 0 Å².